The number of nitrogens with two attached hydrogens (primary N) is 1. The highest BCUT2D eigenvalue weighted by Gasteiger charge is 2.16. The van der Waals surface area contributed by atoms with Gasteiger partial charge in [-0.05, 0) is 27.4 Å². The van der Waals surface area contributed by atoms with Gasteiger partial charge in [-0.2, -0.15) is 0 Å². The monoisotopic (exact) mass is 288 g/mol. The van der Waals surface area contributed by atoms with Crippen molar-refractivity contribution >= 4 is 27.3 Å². The molecule has 0 unspecified atom stereocenters. The van der Waals surface area contributed by atoms with Crippen LogP contribution in [0.15, 0.2) is 16.6 Å². The Hall–Kier alpha value is -0.770. The van der Waals surface area contributed by atoms with Gasteiger partial charge in [-0.3, -0.25) is 0 Å². The smallest absolute Gasteiger partial charge is 0.139 e. The summed E-state index contributed by atoms with van der Waals surface area (Å²) in [7, 11) is 1.92. The van der Waals surface area contributed by atoms with E-state index in [2.05, 4.69) is 36.7 Å². The molecule has 2 N–H and O–H groups in total. The van der Waals surface area contributed by atoms with Gasteiger partial charge in [0.05, 0.1) is 15.8 Å². The van der Waals surface area contributed by atoms with Crippen LogP contribution in [-0.2, 0) is 0 Å². The number of hydrogen-bond acceptors (Lipinski definition) is 2. The second-order valence-electron chi connectivity index (χ2n) is 5.24. The molecule has 0 saturated heterocycles. The van der Waals surface area contributed by atoms with Crippen molar-refractivity contribution in [3.63, 3.8) is 0 Å². The van der Waals surface area contributed by atoms with Crippen LogP contribution in [0, 0.1) is 11.2 Å². The maximum atomic E-state index is 13.4. The highest BCUT2D eigenvalue weighted by molar-refractivity contribution is 9.10. The van der Waals surface area contributed by atoms with Crippen molar-refractivity contribution in [2.24, 2.45) is 5.41 Å². The Kier molecular flexibility index (Phi) is 3.84. The van der Waals surface area contributed by atoms with Crippen molar-refractivity contribution in [2.75, 3.05) is 24.2 Å². The molecule has 0 atom stereocenters. The van der Waals surface area contributed by atoms with Crippen LogP contribution >= 0.6 is 15.9 Å². The van der Waals surface area contributed by atoms with Crippen LogP contribution in [0.25, 0.3) is 0 Å². The maximum Gasteiger partial charge on any atom is 0.139 e. The summed E-state index contributed by atoms with van der Waals surface area (Å²) in [4.78, 5) is 1.98. The normalized spacial score (nSPS) is 11.6. The standard InChI is InChI=1S/C12H18BrFN2/c1-12(2,3)7-16(4)11-6-9(14)8(13)5-10(11)15/h5-6H,7,15H2,1-4H3. The van der Waals surface area contributed by atoms with Crippen LogP contribution in [0.4, 0.5) is 15.8 Å². The summed E-state index contributed by atoms with van der Waals surface area (Å²) >= 11 is 3.12. The van der Waals surface area contributed by atoms with Crippen molar-refractivity contribution in [2.45, 2.75) is 20.8 Å². The van der Waals surface area contributed by atoms with Gasteiger partial charge in [0, 0.05) is 19.7 Å². The molecule has 16 heavy (non-hydrogen) atoms. The molecule has 0 spiro atoms. The minimum atomic E-state index is -0.287. The number of hydrogen-bond donors (Lipinski definition) is 1. The van der Waals surface area contributed by atoms with Crippen molar-refractivity contribution in [1.82, 2.24) is 0 Å². The van der Waals surface area contributed by atoms with E-state index in [1.807, 2.05) is 11.9 Å². The molecule has 0 aliphatic heterocycles. The lowest BCUT2D eigenvalue weighted by Crippen LogP contribution is -2.29. The van der Waals surface area contributed by atoms with Crippen LogP contribution in [0.2, 0.25) is 0 Å². The lowest BCUT2D eigenvalue weighted by molar-refractivity contribution is 0.419. The van der Waals surface area contributed by atoms with E-state index in [-0.39, 0.29) is 11.2 Å². The first-order valence-corrected chi connectivity index (χ1v) is 5.95. The van der Waals surface area contributed by atoms with E-state index >= 15 is 0 Å². The molecule has 90 valence electrons. The molecule has 1 rings (SSSR count). The Bertz CT molecular complexity index is 385. The Morgan fingerprint density at radius 2 is 1.94 bits per heavy atom. The number of benzene rings is 1. The van der Waals surface area contributed by atoms with Gasteiger partial charge in [-0.1, -0.05) is 20.8 Å². The first-order chi connectivity index (χ1) is 7.20. The van der Waals surface area contributed by atoms with Gasteiger partial charge in [-0.25, -0.2) is 4.39 Å². The van der Waals surface area contributed by atoms with E-state index in [9.17, 15) is 4.39 Å². The quantitative estimate of drug-likeness (QED) is 0.842. The fourth-order valence-electron chi connectivity index (χ4n) is 1.68. The fourth-order valence-corrected chi connectivity index (χ4v) is 2.04. The Morgan fingerprint density at radius 3 is 2.44 bits per heavy atom. The molecule has 0 bridgehead atoms. The summed E-state index contributed by atoms with van der Waals surface area (Å²) in [5.41, 5.74) is 7.33. The van der Waals surface area contributed by atoms with Crippen molar-refractivity contribution in [3.8, 4) is 0 Å². The van der Waals surface area contributed by atoms with Crippen LogP contribution in [0.3, 0.4) is 0 Å². The number of nitrogen functional groups attached to an aromatic ring is 1. The molecule has 0 saturated carbocycles. The minimum Gasteiger partial charge on any atom is -0.397 e. The first kappa shape index (κ1) is 13.3. The number of nitrogens with zero attached hydrogens (tertiary/aromatic N) is 1. The van der Waals surface area contributed by atoms with Crippen molar-refractivity contribution < 1.29 is 4.39 Å². The molecule has 0 aliphatic rings. The van der Waals surface area contributed by atoms with Gasteiger partial charge in [0.25, 0.3) is 0 Å². The third-order valence-electron chi connectivity index (χ3n) is 2.19. The van der Waals surface area contributed by atoms with Gasteiger partial charge in [-0.15, -0.1) is 0 Å². The summed E-state index contributed by atoms with van der Waals surface area (Å²) in [6, 6.07) is 3.06. The van der Waals surface area contributed by atoms with Gasteiger partial charge in [0.2, 0.25) is 0 Å². The lowest BCUT2D eigenvalue weighted by Gasteiger charge is -2.29. The second-order valence-corrected chi connectivity index (χ2v) is 6.10. The van der Waals surface area contributed by atoms with Crippen LogP contribution < -0.4 is 10.6 Å². The van der Waals surface area contributed by atoms with E-state index in [0.29, 0.717) is 10.2 Å². The predicted octanol–water partition coefficient (Wildman–Crippen LogP) is 3.65. The third-order valence-corrected chi connectivity index (χ3v) is 2.80. The summed E-state index contributed by atoms with van der Waals surface area (Å²) in [6.45, 7) is 7.22. The summed E-state index contributed by atoms with van der Waals surface area (Å²) in [5, 5.41) is 0. The molecule has 0 radical (unpaired) electrons. The van der Waals surface area contributed by atoms with Gasteiger partial charge < -0.3 is 10.6 Å². The zero-order valence-corrected chi connectivity index (χ0v) is 11.7. The van der Waals surface area contributed by atoms with E-state index in [1.165, 1.54) is 6.07 Å². The highest BCUT2D eigenvalue weighted by atomic mass is 79.9. The van der Waals surface area contributed by atoms with Crippen LogP contribution in [-0.4, -0.2) is 13.6 Å². The Morgan fingerprint density at radius 1 is 1.38 bits per heavy atom. The number of rotatable bonds is 2. The van der Waals surface area contributed by atoms with E-state index < -0.39 is 0 Å². The lowest BCUT2D eigenvalue weighted by atomic mass is 9.96. The van der Waals surface area contributed by atoms with Gasteiger partial charge >= 0.3 is 0 Å². The topological polar surface area (TPSA) is 29.3 Å². The number of halogens is 2. The first-order valence-electron chi connectivity index (χ1n) is 5.16. The maximum absolute atomic E-state index is 13.4. The zero-order valence-electron chi connectivity index (χ0n) is 10.1. The minimum absolute atomic E-state index is 0.144. The highest BCUT2D eigenvalue weighted by Crippen LogP contribution is 2.30. The average molecular weight is 289 g/mol. The molecule has 2 nitrogen and oxygen atoms in total. The second kappa shape index (κ2) is 4.62. The van der Waals surface area contributed by atoms with E-state index in [1.54, 1.807) is 6.07 Å². The molecule has 1 aromatic carbocycles. The third kappa shape index (κ3) is 3.37. The average Bonchev–Trinajstić information content (AvgIpc) is 2.08. The molecule has 0 aromatic heterocycles. The van der Waals surface area contributed by atoms with Crippen LogP contribution in [0.5, 0.6) is 0 Å². The van der Waals surface area contributed by atoms with E-state index in [4.69, 9.17) is 5.73 Å². The van der Waals surface area contributed by atoms with Crippen molar-refractivity contribution in [3.05, 3.63) is 22.4 Å². The molecule has 0 fully saturated rings. The number of anilines is 2. The van der Waals surface area contributed by atoms with E-state index in [0.717, 1.165) is 12.2 Å². The van der Waals surface area contributed by atoms with Crippen LogP contribution in [0.1, 0.15) is 20.8 Å². The molecular formula is C12H18BrFN2. The molecule has 0 heterocycles. The Balaban J connectivity index is 3.00. The van der Waals surface area contributed by atoms with Crippen molar-refractivity contribution in [1.29, 1.82) is 0 Å². The Labute approximate surface area is 105 Å². The summed E-state index contributed by atoms with van der Waals surface area (Å²) in [5.74, 6) is -0.287. The summed E-state index contributed by atoms with van der Waals surface area (Å²) in [6.07, 6.45) is 0. The zero-order chi connectivity index (χ0) is 12.5. The predicted molar refractivity (Wildman–Crippen MR) is 71.2 cm³/mol. The molecule has 0 aliphatic carbocycles. The molecule has 4 heteroatoms. The largest absolute Gasteiger partial charge is 0.397 e. The van der Waals surface area contributed by atoms with Gasteiger partial charge in [0.15, 0.2) is 0 Å². The summed E-state index contributed by atoms with van der Waals surface area (Å²) < 4.78 is 13.8. The fraction of sp³-hybridized carbons (Fsp3) is 0.500. The van der Waals surface area contributed by atoms with Gasteiger partial charge in [0.1, 0.15) is 5.82 Å². The SMILES string of the molecule is CN(CC(C)(C)C)c1cc(F)c(Br)cc1N. The molecular weight excluding hydrogens is 271 g/mol. The molecule has 0 amide bonds. The molecule has 1 aromatic rings.